The molecule has 0 bridgehead atoms. The van der Waals surface area contributed by atoms with Crippen LogP contribution < -0.4 is 5.32 Å². The molecular weight excluding hydrogens is 404 g/mol. The van der Waals surface area contributed by atoms with Gasteiger partial charge in [-0.05, 0) is 36.2 Å². The number of nitrogens with zero attached hydrogens (tertiary/aromatic N) is 3. The molecule has 2 heterocycles. The molecule has 0 saturated heterocycles. The van der Waals surface area contributed by atoms with Crippen molar-refractivity contribution in [1.82, 2.24) is 9.88 Å². The van der Waals surface area contributed by atoms with Crippen LogP contribution in [0.25, 0.3) is 0 Å². The first-order valence-electron chi connectivity index (χ1n) is 10.3. The molecule has 2 aromatic carbocycles. The second-order valence-corrected chi connectivity index (χ2v) is 8.67. The lowest BCUT2D eigenvalue weighted by atomic mass is 10.0. The largest absolute Gasteiger partial charge is 0.325 e. The fraction of sp³-hybridized carbons (Fsp3) is 0.240. The quantitative estimate of drug-likeness (QED) is 0.583. The number of aromatic nitrogens is 1. The van der Waals surface area contributed by atoms with E-state index >= 15 is 0 Å². The number of hydrogen-bond acceptors (Lipinski definition) is 5. The van der Waals surface area contributed by atoms with Crippen molar-refractivity contribution >= 4 is 23.4 Å². The van der Waals surface area contributed by atoms with Crippen LogP contribution in [0.5, 0.6) is 0 Å². The Kier molecular flexibility index (Phi) is 6.66. The number of nitriles is 1. The third kappa shape index (κ3) is 5.52. The molecule has 0 unspecified atom stereocenters. The Hall–Kier alpha value is -3.14. The van der Waals surface area contributed by atoms with Gasteiger partial charge in [0.25, 0.3) is 0 Å². The molecule has 0 fully saturated rings. The van der Waals surface area contributed by atoms with Crippen molar-refractivity contribution in [1.29, 1.82) is 5.26 Å². The summed E-state index contributed by atoms with van der Waals surface area (Å²) in [5.74, 6) is 0.111. The van der Waals surface area contributed by atoms with Gasteiger partial charge in [0.15, 0.2) is 0 Å². The first-order valence-corrected chi connectivity index (χ1v) is 11.3. The van der Waals surface area contributed by atoms with Gasteiger partial charge in [0.1, 0.15) is 11.1 Å². The van der Waals surface area contributed by atoms with E-state index in [4.69, 9.17) is 4.98 Å². The van der Waals surface area contributed by atoms with Crippen molar-refractivity contribution in [2.24, 2.45) is 0 Å². The summed E-state index contributed by atoms with van der Waals surface area (Å²) in [6.07, 6.45) is 0.844. The molecule has 0 radical (unpaired) electrons. The van der Waals surface area contributed by atoms with Crippen LogP contribution in [0.3, 0.4) is 0 Å². The number of amides is 1. The monoisotopic (exact) mass is 428 g/mol. The molecule has 5 nitrogen and oxygen atoms in total. The van der Waals surface area contributed by atoms with Crippen LogP contribution in [0, 0.1) is 18.3 Å². The van der Waals surface area contributed by atoms with Crippen molar-refractivity contribution in [3.05, 3.63) is 88.6 Å². The molecule has 0 aliphatic carbocycles. The molecule has 1 amide bonds. The van der Waals surface area contributed by atoms with Crippen molar-refractivity contribution in [3.8, 4) is 6.07 Å². The lowest BCUT2D eigenvalue weighted by Gasteiger charge is -2.28. The van der Waals surface area contributed by atoms with Crippen LogP contribution >= 0.6 is 11.8 Å². The molecule has 1 aliphatic heterocycles. The molecule has 0 atom stereocenters. The van der Waals surface area contributed by atoms with Crippen LogP contribution in [0.1, 0.15) is 27.9 Å². The standard InChI is InChI=1S/C25H24N4OS/c1-18-7-9-22(10-8-18)27-24(30)17-31-25-20(14-26)13-21-16-29(12-11-23(21)28-25)15-19-5-3-2-4-6-19/h2-10,13H,11-12,15-17H2,1H3,(H,27,30). The first kappa shape index (κ1) is 21.1. The van der Waals surface area contributed by atoms with Crippen LogP contribution in [-0.4, -0.2) is 28.1 Å². The summed E-state index contributed by atoms with van der Waals surface area (Å²) in [5.41, 5.74) is 5.87. The highest BCUT2D eigenvalue weighted by molar-refractivity contribution is 8.00. The van der Waals surface area contributed by atoms with Gasteiger partial charge in [-0.3, -0.25) is 9.69 Å². The summed E-state index contributed by atoms with van der Waals surface area (Å²) in [6, 6.07) is 22.3. The molecule has 1 aliphatic rings. The number of aryl methyl sites for hydroxylation is 1. The van der Waals surface area contributed by atoms with Gasteiger partial charge in [-0.1, -0.05) is 59.8 Å². The van der Waals surface area contributed by atoms with E-state index in [1.807, 2.05) is 43.3 Å². The summed E-state index contributed by atoms with van der Waals surface area (Å²) in [6.45, 7) is 4.61. The van der Waals surface area contributed by atoms with Crippen LogP contribution in [0.4, 0.5) is 5.69 Å². The van der Waals surface area contributed by atoms with Crippen molar-refractivity contribution in [2.45, 2.75) is 31.5 Å². The molecule has 0 saturated carbocycles. The van der Waals surface area contributed by atoms with Crippen molar-refractivity contribution in [3.63, 3.8) is 0 Å². The molecule has 1 aromatic heterocycles. The number of fused-ring (bicyclic) bond motifs is 1. The van der Waals surface area contributed by atoms with Gasteiger partial charge in [-0.2, -0.15) is 5.26 Å². The van der Waals surface area contributed by atoms with E-state index in [0.717, 1.165) is 48.6 Å². The molecule has 156 valence electrons. The number of hydrogen-bond donors (Lipinski definition) is 1. The van der Waals surface area contributed by atoms with E-state index in [0.29, 0.717) is 10.6 Å². The minimum atomic E-state index is -0.105. The maximum atomic E-state index is 12.3. The highest BCUT2D eigenvalue weighted by Gasteiger charge is 2.20. The number of pyridine rings is 1. The minimum Gasteiger partial charge on any atom is -0.325 e. The number of anilines is 1. The third-order valence-electron chi connectivity index (χ3n) is 5.26. The van der Waals surface area contributed by atoms with E-state index in [-0.39, 0.29) is 11.7 Å². The lowest BCUT2D eigenvalue weighted by molar-refractivity contribution is -0.113. The number of carbonyl (C=O) groups excluding carboxylic acids is 1. The second-order valence-electron chi connectivity index (χ2n) is 7.71. The predicted octanol–water partition coefficient (Wildman–Crippen LogP) is 4.55. The van der Waals surface area contributed by atoms with E-state index in [1.54, 1.807) is 0 Å². The van der Waals surface area contributed by atoms with Gasteiger partial charge >= 0.3 is 0 Å². The molecule has 31 heavy (non-hydrogen) atoms. The molecule has 3 aromatic rings. The van der Waals surface area contributed by atoms with Gasteiger partial charge in [-0.25, -0.2) is 4.98 Å². The molecule has 4 rings (SSSR count). The Bertz CT molecular complexity index is 1110. The number of nitrogens with one attached hydrogen (secondary N) is 1. The lowest BCUT2D eigenvalue weighted by Crippen LogP contribution is -2.31. The zero-order valence-electron chi connectivity index (χ0n) is 17.5. The summed E-state index contributed by atoms with van der Waals surface area (Å²) in [5, 5.41) is 13.2. The Morgan fingerprint density at radius 3 is 2.71 bits per heavy atom. The van der Waals surface area contributed by atoms with Gasteiger partial charge in [0.2, 0.25) is 5.91 Å². The predicted molar refractivity (Wildman–Crippen MR) is 124 cm³/mol. The average Bonchev–Trinajstić information content (AvgIpc) is 2.79. The first-order chi connectivity index (χ1) is 15.1. The zero-order valence-corrected chi connectivity index (χ0v) is 18.3. The number of thioether (sulfide) groups is 1. The number of carbonyl (C=O) groups is 1. The molecular formula is C25H24N4OS. The third-order valence-corrected chi connectivity index (χ3v) is 6.25. The van der Waals surface area contributed by atoms with E-state index in [2.05, 4.69) is 40.6 Å². The Morgan fingerprint density at radius 1 is 1.19 bits per heavy atom. The molecule has 6 heteroatoms. The summed E-state index contributed by atoms with van der Waals surface area (Å²) < 4.78 is 0. The summed E-state index contributed by atoms with van der Waals surface area (Å²) in [4.78, 5) is 19.5. The smallest absolute Gasteiger partial charge is 0.234 e. The van der Waals surface area contributed by atoms with Gasteiger partial charge < -0.3 is 5.32 Å². The van der Waals surface area contributed by atoms with Crippen molar-refractivity contribution < 1.29 is 4.79 Å². The fourth-order valence-corrected chi connectivity index (χ4v) is 4.42. The zero-order chi connectivity index (χ0) is 21.6. The Labute approximate surface area is 187 Å². The van der Waals surface area contributed by atoms with Gasteiger partial charge in [-0.15, -0.1) is 0 Å². The van der Waals surface area contributed by atoms with Gasteiger partial charge in [0.05, 0.1) is 11.3 Å². The fourth-order valence-electron chi connectivity index (χ4n) is 3.65. The highest BCUT2D eigenvalue weighted by Crippen LogP contribution is 2.27. The second kappa shape index (κ2) is 9.78. The normalized spacial score (nSPS) is 13.3. The summed E-state index contributed by atoms with van der Waals surface area (Å²) in [7, 11) is 0. The van der Waals surface area contributed by atoms with E-state index in [9.17, 15) is 10.1 Å². The highest BCUT2D eigenvalue weighted by atomic mass is 32.2. The number of benzene rings is 2. The maximum Gasteiger partial charge on any atom is 0.234 e. The Balaban J connectivity index is 1.40. The van der Waals surface area contributed by atoms with Crippen molar-refractivity contribution in [2.75, 3.05) is 17.6 Å². The van der Waals surface area contributed by atoms with Crippen LogP contribution in [-0.2, 0) is 24.3 Å². The van der Waals surface area contributed by atoms with E-state index in [1.165, 1.54) is 17.3 Å². The topological polar surface area (TPSA) is 69.0 Å². The molecule has 0 spiro atoms. The van der Waals surface area contributed by atoms with Crippen LogP contribution in [0.15, 0.2) is 65.7 Å². The minimum absolute atomic E-state index is 0.105. The maximum absolute atomic E-state index is 12.3. The van der Waals surface area contributed by atoms with Crippen LogP contribution in [0.2, 0.25) is 0 Å². The average molecular weight is 429 g/mol. The summed E-state index contributed by atoms with van der Waals surface area (Å²) >= 11 is 1.32. The van der Waals surface area contributed by atoms with E-state index < -0.39 is 0 Å². The SMILES string of the molecule is Cc1ccc(NC(=O)CSc2nc3c(cc2C#N)CN(Cc2ccccc2)CC3)cc1. The number of rotatable bonds is 6. The Morgan fingerprint density at radius 2 is 1.97 bits per heavy atom. The molecule has 1 N–H and O–H groups in total. The van der Waals surface area contributed by atoms with Gasteiger partial charge in [0, 0.05) is 37.4 Å².